The molecular formula is C32H42N4O8. The number of ether oxygens (including phenoxy) is 1. The monoisotopic (exact) mass is 610 g/mol. The van der Waals surface area contributed by atoms with Gasteiger partial charge in [0.1, 0.15) is 31.0 Å². The number of nitrogens with one attached hydrogen (secondary N) is 3. The van der Waals surface area contributed by atoms with Crippen LogP contribution in [0.25, 0.3) is 0 Å². The van der Waals surface area contributed by atoms with E-state index < -0.39 is 54.3 Å². The van der Waals surface area contributed by atoms with E-state index in [2.05, 4.69) is 16.0 Å². The average molecular weight is 611 g/mol. The molecule has 0 aliphatic carbocycles. The summed E-state index contributed by atoms with van der Waals surface area (Å²) in [7, 11) is 0. The van der Waals surface area contributed by atoms with Gasteiger partial charge >= 0.3 is 11.9 Å². The Bertz CT molecular complexity index is 1240. The molecule has 0 heterocycles. The highest BCUT2D eigenvalue weighted by atomic mass is 16.5. The van der Waals surface area contributed by atoms with Crippen LogP contribution in [0.4, 0.5) is 0 Å². The first-order chi connectivity index (χ1) is 21.0. The molecule has 2 unspecified atom stereocenters. The molecule has 238 valence electrons. The van der Waals surface area contributed by atoms with Crippen LogP contribution < -0.4 is 21.7 Å². The number of rotatable bonds is 19. The number of amides is 3. The minimum Gasteiger partial charge on any atom is -0.481 e. The first kappa shape index (κ1) is 35.6. The molecule has 0 aliphatic heterocycles. The molecule has 0 saturated heterocycles. The van der Waals surface area contributed by atoms with Crippen LogP contribution >= 0.6 is 0 Å². The van der Waals surface area contributed by atoms with E-state index in [1.165, 1.54) is 0 Å². The molecule has 2 aromatic rings. The minimum absolute atomic E-state index is 0.0165. The van der Waals surface area contributed by atoms with E-state index in [0.29, 0.717) is 12.7 Å². The quantitative estimate of drug-likeness (QED) is 0.116. The predicted molar refractivity (Wildman–Crippen MR) is 162 cm³/mol. The molecule has 2 aromatic carbocycles. The molecule has 0 saturated carbocycles. The third kappa shape index (κ3) is 13.2. The Hall–Kier alpha value is -4.58. The summed E-state index contributed by atoms with van der Waals surface area (Å²) in [5.41, 5.74) is 7.76. The first-order valence-corrected chi connectivity index (χ1v) is 14.6. The van der Waals surface area contributed by atoms with Crippen molar-refractivity contribution in [3.63, 3.8) is 0 Å². The molecule has 12 heteroatoms. The molecular weight excluding hydrogens is 568 g/mol. The molecule has 0 bridgehead atoms. The number of carboxylic acids is 1. The van der Waals surface area contributed by atoms with Crippen LogP contribution in [0.1, 0.15) is 57.1 Å². The van der Waals surface area contributed by atoms with Gasteiger partial charge in [0.15, 0.2) is 0 Å². The highest BCUT2D eigenvalue weighted by Crippen LogP contribution is 2.10. The smallest absolute Gasteiger partial charge is 0.323 e. The van der Waals surface area contributed by atoms with Gasteiger partial charge in [-0.2, -0.15) is 0 Å². The van der Waals surface area contributed by atoms with Gasteiger partial charge in [-0.25, -0.2) is 0 Å². The Morgan fingerprint density at radius 2 is 1.48 bits per heavy atom. The Morgan fingerprint density at radius 3 is 2.05 bits per heavy atom. The highest BCUT2D eigenvalue weighted by molar-refractivity contribution is 5.93. The van der Waals surface area contributed by atoms with Crippen molar-refractivity contribution < 1.29 is 38.6 Å². The Balaban J connectivity index is 2.03. The maximum atomic E-state index is 13.3. The number of aliphatic carboxylic acids is 1. The largest absolute Gasteiger partial charge is 0.481 e. The van der Waals surface area contributed by atoms with Gasteiger partial charge in [0.05, 0.1) is 12.5 Å². The van der Waals surface area contributed by atoms with Gasteiger partial charge < -0.3 is 36.3 Å². The van der Waals surface area contributed by atoms with Gasteiger partial charge in [0, 0.05) is 6.42 Å². The Morgan fingerprint density at radius 1 is 0.864 bits per heavy atom. The van der Waals surface area contributed by atoms with Crippen LogP contribution in [0.2, 0.25) is 0 Å². The van der Waals surface area contributed by atoms with E-state index in [9.17, 15) is 28.8 Å². The molecule has 6 N–H and O–H groups in total. The minimum atomic E-state index is -1.31. The fraction of sp³-hybridized carbons (Fsp3) is 0.438. The molecule has 0 radical (unpaired) electrons. The second-order valence-corrected chi connectivity index (χ2v) is 10.8. The fourth-order valence-corrected chi connectivity index (χ4v) is 4.31. The molecule has 44 heavy (non-hydrogen) atoms. The SMILES string of the molecule is CC(C)[C@H](NC(=O)CCc1ccccc1)C(=O)N[C@@H](CCCC(N)C(=O)OCc1ccccc1)C(=O)NC(C=O)CC(=O)O. The van der Waals surface area contributed by atoms with E-state index in [4.69, 9.17) is 15.6 Å². The summed E-state index contributed by atoms with van der Waals surface area (Å²) in [6.07, 6.45) is 0.647. The van der Waals surface area contributed by atoms with E-state index in [1.54, 1.807) is 26.0 Å². The number of esters is 1. The predicted octanol–water partition coefficient (Wildman–Crippen LogP) is 1.64. The second kappa shape index (κ2) is 18.9. The van der Waals surface area contributed by atoms with Crippen LogP contribution in [-0.4, -0.2) is 65.2 Å². The number of carboxylic acid groups (broad SMARTS) is 1. The van der Waals surface area contributed by atoms with Crippen LogP contribution in [0, 0.1) is 5.92 Å². The lowest BCUT2D eigenvalue weighted by Gasteiger charge is -2.26. The third-order valence-corrected chi connectivity index (χ3v) is 6.80. The molecule has 12 nitrogen and oxygen atoms in total. The van der Waals surface area contributed by atoms with Crippen molar-refractivity contribution in [2.24, 2.45) is 11.7 Å². The van der Waals surface area contributed by atoms with Gasteiger partial charge in [0.25, 0.3) is 0 Å². The van der Waals surface area contributed by atoms with E-state index >= 15 is 0 Å². The van der Waals surface area contributed by atoms with E-state index in [1.807, 2.05) is 48.5 Å². The first-order valence-electron chi connectivity index (χ1n) is 14.6. The number of hydrogen-bond acceptors (Lipinski definition) is 8. The lowest BCUT2D eigenvalue weighted by atomic mass is 10.0. The molecule has 4 atom stereocenters. The fourth-order valence-electron chi connectivity index (χ4n) is 4.31. The number of aldehydes is 1. The number of nitrogens with two attached hydrogens (primary N) is 1. The number of benzene rings is 2. The van der Waals surface area contributed by atoms with Gasteiger partial charge in [-0.1, -0.05) is 74.5 Å². The summed E-state index contributed by atoms with van der Waals surface area (Å²) >= 11 is 0. The molecule has 0 aromatic heterocycles. The Kier molecular flexibility index (Phi) is 15.3. The van der Waals surface area contributed by atoms with Gasteiger partial charge in [0.2, 0.25) is 17.7 Å². The highest BCUT2D eigenvalue weighted by Gasteiger charge is 2.30. The maximum Gasteiger partial charge on any atom is 0.323 e. The summed E-state index contributed by atoms with van der Waals surface area (Å²) in [6, 6.07) is 14.0. The summed E-state index contributed by atoms with van der Waals surface area (Å²) in [5.74, 6) is -4.00. The van der Waals surface area contributed by atoms with Crippen molar-refractivity contribution >= 4 is 35.9 Å². The number of hydrogen-bond donors (Lipinski definition) is 5. The van der Waals surface area contributed by atoms with Crippen molar-refractivity contribution in [3.8, 4) is 0 Å². The summed E-state index contributed by atoms with van der Waals surface area (Å²) in [6.45, 7) is 3.54. The zero-order chi connectivity index (χ0) is 32.5. The molecule has 0 fully saturated rings. The van der Waals surface area contributed by atoms with Crippen molar-refractivity contribution in [1.29, 1.82) is 0 Å². The summed E-state index contributed by atoms with van der Waals surface area (Å²) in [4.78, 5) is 73.9. The molecule has 0 spiro atoms. The standard InChI is InChI=1S/C32H42N4O8/c1-21(2)29(36-27(38)17-16-22-10-5-3-6-11-22)31(42)35-26(30(41)34-24(19-37)18-28(39)40)15-9-14-25(33)32(43)44-20-23-12-7-4-8-13-23/h3-8,10-13,19,21,24-26,29H,9,14-18,20,33H2,1-2H3,(H,34,41)(H,35,42)(H,36,38)(H,39,40)/t24?,25?,26-,29-/m0/s1. The zero-order valence-electron chi connectivity index (χ0n) is 25.1. The van der Waals surface area contributed by atoms with Crippen molar-refractivity contribution in [2.75, 3.05) is 0 Å². The van der Waals surface area contributed by atoms with E-state index in [-0.39, 0.29) is 44.1 Å². The third-order valence-electron chi connectivity index (χ3n) is 6.80. The molecule has 2 rings (SSSR count). The van der Waals surface area contributed by atoms with Gasteiger partial charge in [-0.3, -0.25) is 24.0 Å². The van der Waals surface area contributed by atoms with Crippen LogP contribution in [0.5, 0.6) is 0 Å². The van der Waals surface area contributed by atoms with E-state index in [0.717, 1.165) is 11.1 Å². The number of carbonyl (C=O) groups excluding carboxylic acids is 5. The van der Waals surface area contributed by atoms with Crippen LogP contribution in [0.15, 0.2) is 60.7 Å². The van der Waals surface area contributed by atoms with Crippen LogP contribution in [-0.2, 0) is 46.5 Å². The molecule has 3 amide bonds. The topological polar surface area (TPSA) is 194 Å². The van der Waals surface area contributed by atoms with Crippen molar-refractivity contribution in [2.45, 2.75) is 83.1 Å². The van der Waals surface area contributed by atoms with Gasteiger partial charge in [-0.15, -0.1) is 0 Å². The molecule has 0 aliphatic rings. The normalized spacial score (nSPS) is 13.5. The zero-order valence-corrected chi connectivity index (χ0v) is 25.1. The lowest BCUT2D eigenvalue weighted by molar-refractivity contribution is -0.146. The summed E-state index contributed by atoms with van der Waals surface area (Å²) in [5, 5.41) is 16.7. The number of aryl methyl sites for hydroxylation is 1. The van der Waals surface area contributed by atoms with Crippen LogP contribution in [0.3, 0.4) is 0 Å². The summed E-state index contributed by atoms with van der Waals surface area (Å²) < 4.78 is 5.26. The van der Waals surface area contributed by atoms with Gasteiger partial charge in [-0.05, 0) is 42.7 Å². The second-order valence-electron chi connectivity index (χ2n) is 10.8. The average Bonchev–Trinajstić information content (AvgIpc) is 3.00. The maximum absolute atomic E-state index is 13.3. The Labute approximate surface area is 257 Å². The number of carbonyl (C=O) groups is 6. The van der Waals surface area contributed by atoms with Crippen molar-refractivity contribution in [1.82, 2.24) is 16.0 Å². The lowest BCUT2D eigenvalue weighted by Crippen LogP contribution is -2.56. The van der Waals surface area contributed by atoms with Crippen molar-refractivity contribution in [3.05, 3.63) is 71.8 Å².